The van der Waals surface area contributed by atoms with Gasteiger partial charge in [0.15, 0.2) is 0 Å². The summed E-state index contributed by atoms with van der Waals surface area (Å²) in [5.41, 5.74) is 2.72. The van der Waals surface area contributed by atoms with Crippen molar-refractivity contribution < 1.29 is 4.79 Å². The van der Waals surface area contributed by atoms with Gasteiger partial charge in [0.1, 0.15) is 0 Å². The van der Waals surface area contributed by atoms with E-state index in [1.807, 2.05) is 4.90 Å². The molecule has 0 saturated carbocycles. The van der Waals surface area contributed by atoms with Crippen LogP contribution in [0.3, 0.4) is 0 Å². The van der Waals surface area contributed by atoms with E-state index in [9.17, 15) is 4.79 Å². The third-order valence-electron chi connectivity index (χ3n) is 4.61. The van der Waals surface area contributed by atoms with Gasteiger partial charge in [-0.1, -0.05) is 24.3 Å². The molecule has 3 heteroatoms. The zero-order chi connectivity index (χ0) is 13.9. The van der Waals surface area contributed by atoms with Crippen molar-refractivity contribution in [3.63, 3.8) is 0 Å². The Morgan fingerprint density at radius 1 is 1.25 bits per heavy atom. The molecular formula is C17H20N2O. The number of carbonyl (C=O) groups is 1. The maximum absolute atomic E-state index is 12.6. The smallest absolute Gasteiger partial charge is 0.226 e. The first kappa shape index (κ1) is 13.2. The fraction of sp³-hybridized carbons (Fsp3) is 0.529. The van der Waals surface area contributed by atoms with E-state index in [4.69, 9.17) is 5.26 Å². The van der Waals surface area contributed by atoms with Crippen LogP contribution in [0.2, 0.25) is 0 Å². The zero-order valence-electron chi connectivity index (χ0n) is 11.7. The molecule has 0 bridgehead atoms. The van der Waals surface area contributed by atoms with Crippen molar-refractivity contribution in [2.75, 3.05) is 13.1 Å². The average Bonchev–Trinajstić information content (AvgIpc) is 2.53. The number of carbonyl (C=O) groups excluding carboxylic acids is 1. The first-order valence-electron chi connectivity index (χ1n) is 7.53. The summed E-state index contributed by atoms with van der Waals surface area (Å²) < 4.78 is 0. The SMILES string of the molecule is N#CC1CCCN(C(=O)C2CCc3ccccc3C2)C1. The minimum absolute atomic E-state index is 0.0311. The number of likely N-dealkylation sites (tertiary alicyclic amines) is 1. The Labute approximate surface area is 120 Å². The van der Waals surface area contributed by atoms with Gasteiger partial charge in [-0.25, -0.2) is 0 Å². The molecule has 0 spiro atoms. The van der Waals surface area contributed by atoms with Crippen LogP contribution in [0.4, 0.5) is 0 Å². The average molecular weight is 268 g/mol. The molecule has 1 aromatic rings. The van der Waals surface area contributed by atoms with Crippen molar-refractivity contribution in [2.45, 2.75) is 32.1 Å². The molecule has 1 saturated heterocycles. The Bertz CT molecular complexity index is 546. The highest BCUT2D eigenvalue weighted by molar-refractivity contribution is 5.79. The van der Waals surface area contributed by atoms with E-state index in [0.717, 1.165) is 38.6 Å². The van der Waals surface area contributed by atoms with Crippen molar-refractivity contribution in [1.29, 1.82) is 5.26 Å². The van der Waals surface area contributed by atoms with E-state index >= 15 is 0 Å². The molecule has 104 valence electrons. The van der Waals surface area contributed by atoms with Crippen LogP contribution < -0.4 is 0 Å². The third-order valence-corrected chi connectivity index (χ3v) is 4.61. The molecule has 1 amide bonds. The van der Waals surface area contributed by atoms with E-state index in [1.54, 1.807) is 0 Å². The van der Waals surface area contributed by atoms with Crippen LogP contribution in [0.1, 0.15) is 30.4 Å². The maximum atomic E-state index is 12.6. The van der Waals surface area contributed by atoms with Crippen molar-refractivity contribution in [3.05, 3.63) is 35.4 Å². The number of aryl methyl sites for hydroxylation is 1. The number of amides is 1. The van der Waals surface area contributed by atoms with E-state index in [1.165, 1.54) is 11.1 Å². The normalized spacial score (nSPS) is 25.6. The molecule has 2 atom stereocenters. The summed E-state index contributed by atoms with van der Waals surface area (Å²) in [6.45, 7) is 1.46. The molecule has 1 aliphatic heterocycles. The van der Waals surface area contributed by atoms with E-state index in [2.05, 4.69) is 30.3 Å². The van der Waals surface area contributed by atoms with Crippen LogP contribution in [-0.4, -0.2) is 23.9 Å². The first-order chi connectivity index (χ1) is 9.78. The van der Waals surface area contributed by atoms with Crippen LogP contribution in [0.15, 0.2) is 24.3 Å². The Balaban J connectivity index is 1.68. The van der Waals surface area contributed by atoms with Crippen LogP contribution in [0.25, 0.3) is 0 Å². The van der Waals surface area contributed by atoms with E-state index < -0.39 is 0 Å². The summed E-state index contributed by atoms with van der Waals surface area (Å²) in [6.07, 6.45) is 4.72. The number of rotatable bonds is 1. The van der Waals surface area contributed by atoms with Gasteiger partial charge in [0.05, 0.1) is 12.0 Å². The van der Waals surface area contributed by atoms with Gasteiger partial charge < -0.3 is 4.90 Å². The molecule has 0 aromatic heterocycles. The highest BCUT2D eigenvalue weighted by atomic mass is 16.2. The minimum atomic E-state index is 0.0311. The molecule has 1 heterocycles. The molecule has 20 heavy (non-hydrogen) atoms. The lowest BCUT2D eigenvalue weighted by atomic mass is 9.82. The summed E-state index contributed by atoms with van der Waals surface area (Å²) >= 11 is 0. The third kappa shape index (κ3) is 2.56. The zero-order valence-corrected chi connectivity index (χ0v) is 11.7. The molecule has 3 nitrogen and oxygen atoms in total. The summed E-state index contributed by atoms with van der Waals surface area (Å²) in [6, 6.07) is 10.8. The number of hydrogen-bond donors (Lipinski definition) is 0. The second-order valence-electron chi connectivity index (χ2n) is 5.96. The predicted octanol–water partition coefficient (Wildman–Crippen LogP) is 2.55. The summed E-state index contributed by atoms with van der Waals surface area (Å²) in [5.74, 6) is 0.408. The molecule has 2 unspecified atom stereocenters. The van der Waals surface area contributed by atoms with E-state index in [0.29, 0.717) is 6.54 Å². The second kappa shape index (κ2) is 5.66. The van der Waals surface area contributed by atoms with E-state index in [-0.39, 0.29) is 17.7 Å². The lowest BCUT2D eigenvalue weighted by molar-refractivity contribution is -0.137. The van der Waals surface area contributed by atoms with Crippen LogP contribution in [0.5, 0.6) is 0 Å². The van der Waals surface area contributed by atoms with Gasteiger partial charge in [0, 0.05) is 19.0 Å². The Morgan fingerprint density at radius 2 is 2.05 bits per heavy atom. The van der Waals surface area contributed by atoms with Gasteiger partial charge in [-0.05, 0) is 43.2 Å². The summed E-state index contributed by atoms with van der Waals surface area (Å²) in [7, 11) is 0. The highest BCUT2D eigenvalue weighted by Crippen LogP contribution is 2.28. The van der Waals surface area contributed by atoms with Crippen LogP contribution in [0, 0.1) is 23.2 Å². The first-order valence-corrected chi connectivity index (χ1v) is 7.53. The van der Waals surface area contributed by atoms with Crippen molar-refractivity contribution in [3.8, 4) is 6.07 Å². The van der Waals surface area contributed by atoms with Gasteiger partial charge in [-0.2, -0.15) is 5.26 Å². The standard InChI is InChI=1S/C17H20N2O/c18-11-13-4-3-9-19(12-13)17(20)16-8-7-14-5-1-2-6-15(14)10-16/h1-2,5-6,13,16H,3-4,7-10,12H2. The summed E-state index contributed by atoms with van der Waals surface area (Å²) in [4.78, 5) is 14.6. The molecule has 1 aromatic carbocycles. The van der Waals surface area contributed by atoms with Crippen molar-refractivity contribution in [1.82, 2.24) is 4.90 Å². The number of fused-ring (bicyclic) bond motifs is 1. The Hall–Kier alpha value is -1.82. The lowest BCUT2D eigenvalue weighted by Crippen LogP contribution is -2.44. The van der Waals surface area contributed by atoms with Gasteiger partial charge in [-0.3, -0.25) is 4.79 Å². The highest BCUT2D eigenvalue weighted by Gasteiger charge is 2.31. The predicted molar refractivity (Wildman–Crippen MR) is 76.9 cm³/mol. The number of piperidine rings is 1. The van der Waals surface area contributed by atoms with Crippen LogP contribution >= 0.6 is 0 Å². The maximum Gasteiger partial charge on any atom is 0.226 e. The quantitative estimate of drug-likeness (QED) is 0.785. The fourth-order valence-corrected chi connectivity index (χ4v) is 3.45. The number of nitrogens with zero attached hydrogens (tertiary/aromatic N) is 2. The van der Waals surface area contributed by atoms with Crippen molar-refractivity contribution in [2.24, 2.45) is 11.8 Å². The van der Waals surface area contributed by atoms with Gasteiger partial charge in [0.25, 0.3) is 0 Å². The molecule has 1 aliphatic carbocycles. The fourth-order valence-electron chi connectivity index (χ4n) is 3.45. The molecule has 2 aliphatic rings. The monoisotopic (exact) mass is 268 g/mol. The number of nitriles is 1. The van der Waals surface area contributed by atoms with Gasteiger partial charge in [-0.15, -0.1) is 0 Å². The Morgan fingerprint density at radius 3 is 2.85 bits per heavy atom. The van der Waals surface area contributed by atoms with Gasteiger partial charge >= 0.3 is 0 Å². The summed E-state index contributed by atoms with van der Waals surface area (Å²) in [5, 5.41) is 9.04. The number of benzene rings is 1. The Kier molecular flexibility index (Phi) is 3.73. The van der Waals surface area contributed by atoms with Crippen molar-refractivity contribution >= 4 is 5.91 Å². The topological polar surface area (TPSA) is 44.1 Å². The molecule has 3 rings (SSSR count). The molecule has 1 fully saturated rings. The number of hydrogen-bond acceptors (Lipinski definition) is 2. The molecular weight excluding hydrogens is 248 g/mol. The van der Waals surface area contributed by atoms with Crippen LogP contribution in [-0.2, 0) is 17.6 Å². The minimum Gasteiger partial charge on any atom is -0.341 e. The molecule has 0 N–H and O–H groups in total. The lowest BCUT2D eigenvalue weighted by Gasteiger charge is -2.34. The largest absolute Gasteiger partial charge is 0.341 e. The second-order valence-corrected chi connectivity index (χ2v) is 5.96. The molecule has 0 radical (unpaired) electrons. The van der Waals surface area contributed by atoms with Gasteiger partial charge in [0.2, 0.25) is 5.91 Å².